The molecular formula is C16H24N2O. The molecule has 0 bridgehead atoms. The normalized spacial score (nSPS) is 22.7. The van der Waals surface area contributed by atoms with E-state index in [-0.39, 0.29) is 23.3 Å². The summed E-state index contributed by atoms with van der Waals surface area (Å²) in [6.07, 6.45) is 1.66. The first-order valence-corrected chi connectivity index (χ1v) is 6.99. The van der Waals surface area contributed by atoms with Gasteiger partial charge in [0.25, 0.3) is 0 Å². The zero-order valence-corrected chi connectivity index (χ0v) is 12.1. The van der Waals surface area contributed by atoms with Crippen LogP contribution in [0.5, 0.6) is 0 Å². The van der Waals surface area contributed by atoms with Gasteiger partial charge < -0.3 is 11.1 Å². The van der Waals surface area contributed by atoms with Gasteiger partial charge in [0, 0.05) is 18.5 Å². The number of hydrogen-bond acceptors (Lipinski definition) is 2. The molecule has 2 rings (SSSR count). The molecule has 3 heteroatoms. The van der Waals surface area contributed by atoms with E-state index >= 15 is 0 Å². The Hall–Kier alpha value is -1.35. The Bertz CT molecular complexity index is 439. The van der Waals surface area contributed by atoms with Gasteiger partial charge in [0.1, 0.15) is 0 Å². The smallest absolute Gasteiger partial charge is 0.223 e. The van der Waals surface area contributed by atoms with Gasteiger partial charge in [-0.1, -0.05) is 45.0 Å². The molecule has 1 amide bonds. The van der Waals surface area contributed by atoms with Gasteiger partial charge in [-0.15, -0.1) is 0 Å². The third-order valence-electron chi connectivity index (χ3n) is 3.83. The largest absolute Gasteiger partial charge is 0.352 e. The molecule has 3 N–H and O–H groups in total. The summed E-state index contributed by atoms with van der Waals surface area (Å²) in [4.78, 5) is 11.8. The van der Waals surface area contributed by atoms with Crippen LogP contribution in [0.4, 0.5) is 0 Å². The van der Waals surface area contributed by atoms with E-state index in [1.807, 2.05) is 0 Å². The SMILES string of the molecule is CC(C)(C)c1ccc(CNC(=O)C2CC(N)C2)cc1. The van der Waals surface area contributed by atoms with Gasteiger partial charge in [-0.2, -0.15) is 0 Å². The van der Waals surface area contributed by atoms with Crippen LogP contribution >= 0.6 is 0 Å². The van der Waals surface area contributed by atoms with Crippen molar-refractivity contribution in [3.63, 3.8) is 0 Å². The predicted octanol–water partition coefficient (Wildman–Crippen LogP) is 2.34. The number of nitrogens with two attached hydrogens (primary N) is 1. The van der Waals surface area contributed by atoms with Crippen molar-refractivity contribution in [3.8, 4) is 0 Å². The van der Waals surface area contributed by atoms with Crippen molar-refractivity contribution in [2.24, 2.45) is 11.7 Å². The van der Waals surface area contributed by atoms with E-state index in [2.05, 4.69) is 50.4 Å². The zero-order valence-electron chi connectivity index (χ0n) is 12.1. The van der Waals surface area contributed by atoms with Gasteiger partial charge >= 0.3 is 0 Å². The summed E-state index contributed by atoms with van der Waals surface area (Å²) in [5.74, 6) is 0.269. The number of rotatable bonds is 3. The topological polar surface area (TPSA) is 55.1 Å². The second kappa shape index (κ2) is 5.33. The van der Waals surface area contributed by atoms with Crippen LogP contribution in [0.25, 0.3) is 0 Å². The third-order valence-corrected chi connectivity index (χ3v) is 3.83. The van der Waals surface area contributed by atoms with Crippen molar-refractivity contribution in [2.75, 3.05) is 0 Å². The molecule has 1 aromatic rings. The van der Waals surface area contributed by atoms with Crippen LogP contribution in [-0.2, 0) is 16.8 Å². The molecule has 0 unspecified atom stereocenters. The molecule has 3 nitrogen and oxygen atoms in total. The Morgan fingerprint density at radius 2 is 1.84 bits per heavy atom. The Labute approximate surface area is 115 Å². The van der Waals surface area contributed by atoms with Crippen LogP contribution < -0.4 is 11.1 Å². The average Bonchev–Trinajstić information content (AvgIpc) is 2.31. The number of nitrogens with one attached hydrogen (secondary N) is 1. The Morgan fingerprint density at radius 1 is 1.26 bits per heavy atom. The molecule has 104 valence electrons. The number of carbonyl (C=O) groups excluding carboxylic acids is 1. The van der Waals surface area contributed by atoms with Crippen LogP contribution in [0.2, 0.25) is 0 Å². The summed E-state index contributed by atoms with van der Waals surface area (Å²) in [6.45, 7) is 7.20. The van der Waals surface area contributed by atoms with Crippen molar-refractivity contribution < 1.29 is 4.79 Å². The Balaban J connectivity index is 1.85. The number of carbonyl (C=O) groups is 1. The van der Waals surface area contributed by atoms with E-state index in [0.29, 0.717) is 6.54 Å². The van der Waals surface area contributed by atoms with Crippen molar-refractivity contribution >= 4 is 5.91 Å². The highest BCUT2D eigenvalue weighted by atomic mass is 16.1. The van der Waals surface area contributed by atoms with Crippen LogP contribution in [0, 0.1) is 5.92 Å². The Morgan fingerprint density at radius 3 is 2.32 bits per heavy atom. The lowest BCUT2D eigenvalue weighted by Gasteiger charge is -2.31. The maximum absolute atomic E-state index is 11.8. The van der Waals surface area contributed by atoms with Crippen LogP contribution in [0.1, 0.15) is 44.7 Å². The maximum atomic E-state index is 11.8. The van der Waals surface area contributed by atoms with Gasteiger partial charge in [0.05, 0.1) is 0 Å². The molecule has 1 fully saturated rings. The monoisotopic (exact) mass is 260 g/mol. The standard InChI is InChI=1S/C16H24N2O/c1-16(2,3)13-6-4-11(5-7-13)10-18-15(19)12-8-14(17)9-12/h4-7,12,14H,8-10,17H2,1-3H3,(H,18,19). The van der Waals surface area contributed by atoms with Crippen LogP contribution in [0.15, 0.2) is 24.3 Å². The lowest BCUT2D eigenvalue weighted by Crippen LogP contribution is -2.44. The molecule has 1 aliphatic rings. The lowest BCUT2D eigenvalue weighted by atomic mass is 9.80. The van der Waals surface area contributed by atoms with Gasteiger partial charge in [0.15, 0.2) is 0 Å². The van der Waals surface area contributed by atoms with E-state index in [4.69, 9.17) is 5.73 Å². The average molecular weight is 260 g/mol. The zero-order chi connectivity index (χ0) is 14.0. The first-order valence-electron chi connectivity index (χ1n) is 6.99. The molecule has 0 spiro atoms. The summed E-state index contributed by atoms with van der Waals surface area (Å²) >= 11 is 0. The molecule has 0 saturated heterocycles. The summed E-state index contributed by atoms with van der Waals surface area (Å²) in [7, 11) is 0. The first kappa shape index (κ1) is 14.1. The van der Waals surface area contributed by atoms with E-state index in [1.54, 1.807) is 0 Å². The van der Waals surface area contributed by atoms with Gasteiger partial charge in [-0.25, -0.2) is 0 Å². The van der Waals surface area contributed by atoms with Gasteiger partial charge in [-0.05, 0) is 29.4 Å². The van der Waals surface area contributed by atoms with Crippen molar-refractivity contribution in [3.05, 3.63) is 35.4 Å². The minimum absolute atomic E-state index is 0.129. The van der Waals surface area contributed by atoms with Crippen LogP contribution in [-0.4, -0.2) is 11.9 Å². The molecule has 0 aliphatic heterocycles. The lowest BCUT2D eigenvalue weighted by molar-refractivity contribution is -0.128. The number of hydrogen-bond donors (Lipinski definition) is 2. The minimum atomic E-state index is 0.129. The molecule has 0 aromatic heterocycles. The Kier molecular flexibility index (Phi) is 3.95. The predicted molar refractivity (Wildman–Crippen MR) is 77.7 cm³/mol. The second-order valence-corrected chi connectivity index (χ2v) is 6.59. The molecule has 0 heterocycles. The molecule has 0 atom stereocenters. The maximum Gasteiger partial charge on any atom is 0.223 e. The number of benzene rings is 1. The van der Waals surface area contributed by atoms with Gasteiger partial charge in [0.2, 0.25) is 5.91 Å². The molecule has 0 radical (unpaired) electrons. The molecule has 1 aromatic carbocycles. The fourth-order valence-electron chi connectivity index (χ4n) is 2.33. The quantitative estimate of drug-likeness (QED) is 0.876. The summed E-state index contributed by atoms with van der Waals surface area (Å²) in [6, 6.07) is 8.68. The van der Waals surface area contributed by atoms with E-state index in [9.17, 15) is 4.79 Å². The first-order chi connectivity index (χ1) is 8.86. The molecule has 19 heavy (non-hydrogen) atoms. The summed E-state index contributed by atoms with van der Waals surface area (Å²) in [5, 5.41) is 2.99. The fourth-order valence-corrected chi connectivity index (χ4v) is 2.33. The summed E-state index contributed by atoms with van der Waals surface area (Å²) < 4.78 is 0. The minimum Gasteiger partial charge on any atom is -0.352 e. The fraction of sp³-hybridized carbons (Fsp3) is 0.562. The highest BCUT2D eigenvalue weighted by Gasteiger charge is 2.31. The summed E-state index contributed by atoms with van der Waals surface area (Å²) in [5.41, 5.74) is 8.32. The second-order valence-electron chi connectivity index (χ2n) is 6.59. The molecular weight excluding hydrogens is 236 g/mol. The number of amides is 1. The van der Waals surface area contributed by atoms with E-state index < -0.39 is 0 Å². The molecule has 1 saturated carbocycles. The molecule has 1 aliphatic carbocycles. The highest BCUT2D eigenvalue weighted by molar-refractivity contribution is 5.79. The van der Waals surface area contributed by atoms with Crippen molar-refractivity contribution in [1.29, 1.82) is 0 Å². The highest BCUT2D eigenvalue weighted by Crippen LogP contribution is 2.25. The third kappa shape index (κ3) is 3.57. The van der Waals surface area contributed by atoms with E-state index in [1.165, 1.54) is 5.56 Å². The van der Waals surface area contributed by atoms with Crippen molar-refractivity contribution in [1.82, 2.24) is 5.32 Å². The van der Waals surface area contributed by atoms with Crippen LogP contribution in [0.3, 0.4) is 0 Å². The van der Waals surface area contributed by atoms with Gasteiger partial charge in [-0.3, -0.25) is 4.79 Å². The van der Waals surface area contributed by atoms with Crippen molar-refractivity contribution in [2.45, 2.75) is 51.6 Å². The van der Waals surface area contributed by atoms with E-state index in [0.717, 1.165) is 18.4 Å².